The van der Waals surface area contributed by atoms with Gasteiger partial charge < -0.3 is 10.6 Å². The van der Waals surface area contributed by atoms with Crippen LogP contribution in [0.3, 0.4) is 0 Å². The van der Waals surface area contributed by atoms with Gasteiger partial charge in [-0.05, 0) is 36.6 Å². The number of anilines is 2. The van der Waals surface area contributed by atoms with Crippen molar-refractivity contribution in [2.24, 2.45) is 0 Å². The maximum absolute atomic E-state index is 8.77. The fourth-order valence-electron chi connectivity index (χ4n) is 2.36. The summed E-state index contributed by atoms with van der Waals surface area (Å²) in [6.07, 6.45) is 5.58. The van der Waals surface area contributed by atoms with Crippen molar-refractivity contribution in [2.45, 2.75) is 32.1 Å². The lowest BCUT2D eigenvalue weighted by atomic mass is 10.1. The van der Waals surface area contributed by atoms with Crippen LogP contribution in [0.25, 0.3) is 0 Å². The van der Waals surface area contributed by atoms with Crippen LogP contribution in [0.15, 0.2) is 18.2 Å². The Morgan fingerprint density at radius 3 is 2.53 bits per heavy atom. The van der Waals surface area contributed by atoms with Crippen LogP contribution in [-0.4, -0.2) is 13.1 Å². The van der Waals surface area contributed by atoms with E-state index in [1.54, 1.807) is 0 Å². The molecule has 1 aliphatic heterocycles. The molecule has 0 amide bonds. The number of nitrogen functional groups attached to an aromatic ring is 1. The highest BCUT2D eigenvalue weighted by molar-refractivity contribution is 5.59. The monoisotopic (exact) mass is 229 g/mol. The Morgan fingerprint density at radius 1 is 1.18 bits per heavy atom. The molecule has 3 nitrogen and oxygen atoms in total. The van der Waals surface area contributed by atoms with Crippen molar-refractivity contribution in [1.82, 2.24) is 0 Å². The Morgan fingerprint density at radius 2 is 1.88 bits per heavy atom. The van der Waals surface area contributed by atoms with Gasteiger partial charge in [-0.2, -0.15) is 5.26 Å². The van der Waals surface area contributed by atoms with Gasteiger partial charge in [-0.15, -0.1) is 0 Å². The second kappa shape index (κ2) is 5.58. The van der Waals surface area contributed by atoms with Gasteiger partial charge in [0.25, 0.3) is 0 Å². The Kier molecular flexibility index (Phi) is 3.87. The molecule has 0 bridgehead atoms. The minimum atomic E-state index is 0.396. The smallest absolute Gasteiger partial charge is 0.0670 e. The van der Waals surface area contributed by atoms with Gasteiger partial charge >= 0.3 is 0 Å². The number of nitrogens with two attached hydrogens (primary N) is 1. The standard InChI is InChI=1S/C14H19N3/c15-8-7-12-11-13(5-6-14(12)16)17-9-3-1-2-4-10-17/h5-6,11H,1-4,7,9-10,16H2. The molecule has 1 heterocycles. The van der Waals surface area contributed by atoms with Crippen molar-refractivity contribution in [3.8, 4) is 6.07 Å². The van der Waals surface area contributed by atoms with Crippen LogP contribution < -0.4 is 10.6 Å². The Bertz CT molecular complexity index is 412. The summed E-state index contributed by atoms with van der Waals surface area (Å²) in [5.41, 5.74) is 8.76. The van der Waals surface area contributed by atoms with E-state index in [1.807, 2.05) is 6.07 Å². The Labute approximate surface area is 103 Å². The van der Waals surface area contributed by atoms with Crippen molar-refractivity contribution < 1.29 is 0 Å². The largest absolute Gasteiger partial charge is 0.398 e. The van der Waals surface area contributed by atoms with E-state index >= 15 is 0 Å². The number of hydrogen-bond acceptors (Lipinski definition) is 3. The zero-order valence-corrected chi connectivity index (χ0v) is 10.2. The molecule has 90 valence electrons. The van der Waals surface area contributed by atoms with E-state index in [9.17, 15) is 0 Å². The molecule has 1 aliphatic rings. The van der Waals surface area contributed by atoms with Gasteiger partial charge in [0.15, 0.2) is 0 Å². The van der Waals surface area contributed by atoms with Crippen LogP contribution in [0.4, 0.5) is 11.4 Å². The van der Waals surface area contributed by atoms with Gasteiger partial charge in [-0.3, -0.25) is 0 Å². The molecule has 0 atom stereocenters. The lowest BCUT2D eigenvalue weighted by molar-refractivity contribution is 0.726. The topological polar surface area (TPSA) is 53.0 Å². The highest BCUT2D eigenvalue weighted by Crippen LogP contribution is 2.24. The first-order chi connectivity index (χ1) is 8.31. The van der Waals surface area contributed by atoms with Crippen molar-refractivity contribution in [1.29, 1.82) is 5.26 Å². The number of nitrogens with zero attached hydrogens (tertiary/aromatic N) is 2. The van der Waals surface area contributed by atoms with Gasteiger partial charge in [0.2, 0.25) is 0 Å². The summed E-state index contributed by atoms with van der Waals surface area (Å²) in [6.45, 7) is 2.24. The number of rotatable bonds is 2. The molecular weight excluding hydrogens is 210 g/mol. The van der Waals surface area contributed by atoms with Gasteiger partial charge in [-0.1, -0.05) is 12.8 Å². The van der Waals surface area contributed by atoms with Crippen LogP contribution in [-0.2, 0) is 6.42 Å². The number of nitriles is 1. The van der Waals surface area contributed by atoms with E-state index in [-0.39, 0.29) is 0 Å². The van der Waals surface area contributed by atoms with Crippen LogP contribution in [0, 0.1) is 11.3 Å². The average Bonchev–Trinajstić information content (AvgIpc) is 2.61. The molecular formula is C14H19N3. The summed E-state index contributed by atoms with van der Waals surface area (Å²) in [7, 11) is 0. The van der Waals surface area contributed by atoms with E-state index in [4.69, 9.17) is 11.0 Å². The zero-order valence-electron chi connectivity index (χ0n) is 10.2. The van der Waals surface area contributed by atoms with E-state index in [0.717, 1.165) is 24.3 Å². The SMILES string of the molecule is N#CCc1cc(N2CCCCCC2)ccc1N. The predicted molar refractivity (Wildman–Crippen MR) is 70.9 cm³/mol. The summed E-state index contributed by atoms with van der Waals surface area (Å²) in [5, 5.41) is 8.77. The molecule has 0 unspecified atom stereocenters. The molecule has 0 radical (unpaired) electrons. The van der Waals surface area contributed by atoms with E-state index < -0.39 is 0 Å². The lowest BCUT2D eigenvalue weighted by Gasteiger charge is -2.23. The third kappa shape index (κ3) is 2.91. The molecule has 2 N–H and O–H groups in total. The van der Waals surface area contributed by atoms with Gasteiger partial charge in [0.1, 0.15) is 0 Å². The van der Waals surface area contributed by atoms with E-state index in [2.05, 4.69) is 23.1 Å². The maximum atomic E-state index is 8.77. The average molecular weight is 229 g/mol. The normalized spacial score (nSPS) is 16.3. The van der Waals surface area contributed by atoms with Crippen molar-refractivity contribution in [3.05, 3.63) is 23.8 Å². The minimum Gasteiger partial charge on any atom is -0.398 e. The molecule has 2 rings (SSSR count). The summed E-state index contributed by atoms with van der Waals surface area (Å²) in [5.74, 6) is 0. The van der Waals surface area contributed by atoms with Gasteiger partial charge in [0.05, 0.1) is 12.5 Å². The quantitative estimate of drug-likeness (QED) is 0.793. The summed E-state index contributed by atoms with van der Waals surface area (Å²) in [4.78, 5) is 2.41. The van der Waals surface area contributed by atoms with Crippen molar-refractivity contribution >= 4 is 11.4 Å². The first kappa shape index (κ1) is 11.8. The highest BCUT2D eigenvalue weighted by atomic mass is 15.1. The molecule has 1 aromatic carbocycles. The van der Waals surface area contributed by atoms with Crippen LogP contribution in [0.2, 0.25) is 0 Å². The molecule has 0 aromatic heterocycles. The molecule has 1 saturated heterocycles. The molecule has 0 saturated carbocycles. The van der Waals surface area contributed by atoms with E-state index in [1.165, 1.54) is 31.4 Å². The number of benzene rings is 1. The van der Waals surface area contributed by atoms with E-state index in [0.29, 0.717) is 6.42 Å². The summed E-state index contributed by atoms with van der Waals surface area (Å²) < 4.78 is 0. The van der Waals surface area contributed by atoms with Crippen LogP contribution >= 0.6 is 0 Å². The fourth-order valence-corrected chi connectivity index (χ4v) is 2.36. The lowest BCUT2D eigenvalue weighted by Crippen LogP contribution is -2.23. The molecule has 0 aliphatic carbocycles. The second-order valence-corrected chi connectivity index (χ2v) is 4.62. The zero-order chi connectivity index (χ0) is 12.1. The molecule has 1 aromatic rings. The third-order valence-electron chi connectivity index (χ3n) is 3.37. The first-order valence-corrected chi connectivity index (χ1v) is 6.31. The third-order valence-corrected chi connectivity index (χ3v) is 3.37. The minimum absolute atomic E-state index is 0.396. The Hall–Kier alpha value is -1.69. The van der Waals surface area contributed by atoms with Crippen LogP contribution in [0.1, 0.15) is 31.2 Å². The number of hydrogen-bond donors (Lipinski definition) is 1. The second-order valence-electron chi connectivity index (χ2n) is 4.62. The predicted octanol–water partition coefficient (Wildman–Crippen LogP) is 2.72. The highest BCUT2D eigenvalue weighted by Gasteiger charge is 2.11. The maximum Gasteiger partial charge on any atom is 0.0670 e. The molecule has 17 heavy (non-hydrogen) atoms. The molecule has 3 heteroatoms. The first-order valence-electron chi connectivity index (χ1n) is 6.31. The van der Waals surface area contributed by atoms with Crippen molar-refractivity contribution in [3.63, 3.8) is 0 Å². The summed E-state index contributed by atoms with van der Waals surface area (Å²) >= 11 is 0. The Balaban J connectivity index is 2.19. The molecule has 1 fully saturated rings. The van der Waals surface area contributed by atoms with Gasteiger partial charge in [-0.25, -0.2) is 0 Å². The van der Waals surface area contributed by atoms with Crippen molar-refractivity contribution in [2.75, 3.05) is 23.7 Å². The van der Waals surface area contributed by atoms with Gasteiger partial charge in [0, 0.05) is 24.5 Å². The fraction of sp³-hybridized carbons (Fsp3) is 0.500. The summed E-state index contributed by atoms with van der Waals surface area (Å²) in [6, 6.07) is 8.24. The molecule has 0 spiro atoms. The van der Waals surface area contributed by atoms with Crippen LogP contribution in [0.5, 0.6) is 0 Å².